The second-order valence-corrected chi connectivity index (χ2v) is 4.71. The van der Waals surface area contributed by atoms with Crippen molar-refractivity contribution in [3.8, 4) is 0 Å². The zero-order valence-electron chi connectivity index (χ0n) is 11.3. The molecule has 0 saturated heterocycles. The summed E-state index contributed by atoms with van der Waals surface area (Å²) in [5, 5.41) is 9.64. The molecule has 0 fully saturated rings. The average Bonchev–Trinajstić information content (AvgIpc) is 2.89. The highest BCUT2D eigenvalue weighted by Crippen LogP contribution is 2.14. The summed E-state index contributed by atoms with van der Waals surface area (Å²) in [6, 6.07) is 8.43. The molecule has 20 heavy (non-hydrogen) atoms. The van der Waals surface area contributed by atoms with Gasteiger partial charge in [0.25, 0.3) is 0 Å². The molecule has 5 nitrogen and oxygen atoms in total. The van der Waals surface area contributed by atoms with Crippen LogP contribution in [-0.4, -0.2) is 21.7 Å². The summed E-state index contributed by atoms with van der Waals surface area (Å²) < 4.78 is 4.93. The molecular weight excluding hydrogens is 252 g/mol. The van der Waals surface area contributed by atoms with Crippen LogP contribution in [0.4, 0.5) is 0 Å². The smallest absolute Gasteiger partial charge is 0.223 e. The third kappa shape index (κ3) is 3.00. The van der Waals surface area contributed by atoms with Gasteiger partial charge in [-0.2, -0.15) is 4.98 Å². The number of hydrogen-bond donors (Lipinski definition) is 1. The molecule has 3 rings (SSSR count). The molecule has 3 aromatic rings. The number of nitrogens with one attached hydrogen (secondary N) is 1. The third-order valence-corrected chi connectivity index (χ3v) is 3.13. The first-order valence-electron chi connectivity index (χ1n) is 6.64. The Bertz CT molecular complexity index is 708. The van der Waals surface area contributed by atoms with Crippen LogP contribution in [0.25, 0.3) is 10.8 Å². The Morgan fingerprint density at radius 3 is 3.00 bits per heavy atom. The van der Waals surface area contributed by atoms with E-state index in [0.29, 0.717) is 5.89 Å². The zero-order chi connectivity index (χ0) is 13.8. The fourth-order valence-electron chi connectivity index (χ4n) is 2.12. The number of nitrogens with zero attached hydrogens (tertiary/aromatic N) is 3. The summed E-state index contributed by atoms with van der Waals surface area (Å²) in [5.41, 5.74) is 1.26. The van der Waals surface area contributed by atoms with E-state index in [1.54, 1.807) is 6.92 Å². The van der Waals surface area contributed by atoms with Gasteiger partial charge < -0.3 is 9.84 Å². The van der Waals surface area contributed by atoms with E-state index in [2.05, 4.69) is 38.6 Å². The first-order valence-corrected chi connectivity index (χ1v) is 6.64. The van der Waals surface area contributed by atoms with Gasteiger partial charge in [0.1, 0.15) is 0 Å². The predicted octanol–water partition coefficient (Wildman–Crippen LogP) is 2.26. The summed E-state index contributed by atoms with van der Waals surface area (Å²) in [5.74, 6) is 1.36. The second-order valence-electron chi connectivity index (χ2n) is 4.71. The standard InChI is InChI=1S/C15H16N4O/c1-11-18-15(19-20-11)5-7-16-9-12-2-3-14-10-17-6-4-13(14)8-12/h2-4,6,8,10,16H,5,7,9H2,1H3. The molecule has 0 radical (unpaired) electrons. The van der Waals surface area contributed by atoms with Gasteiger partial charge in [0, 0.05) is 44.2 Å². The molecule has 0 amide bonds. The van der Waals surface area contributed by atoms with Crippen LogP contribution in [0, 0.1) is 6.92 Å². The van der Waals surface area contributed by atoms with Gasteiger partial charge in [-0.25, -0.2) is 0 Å². The average molecular weight is 268 g/mol. The number of benzene rings is 1. The fourth-order valence-corrected chi connectivity index (χ4v) is 2.12. The number of hydrogen-bond acceptors (Lipinski definition) is 5. The van der Waals surface area contributed by atoms with E-state index in [1.165, 1.54) is 16.3 Å². The third-order valence-electron chi connectivity index (χ3n) is 3.13. The molecule has 0 atom stereocenters. The lowest BCUT2D eigenvalue weighted by atomic mass is 10.1. The largest absolute Gasteiger partial charge is 0.340 e. The molecule has 0 saturated carbocycles. The quantitative estimate of drug-likeness (QED) is 0.719. The van der Waals surface area contributed by atoms with E-state index in [0.717, 1.165) is 25.3 Å². The summed E-state index contributed by atoms with van der Waals surface area (Å²) in [4.78, 5) is 8.29. The summed E-state index contributed by atoms with van der Waals surface area (Å²) in [7, 11) is 0. The maximum absolute atomic E-state index is 4.93. The molecule has 0 aliphatic rings. The van der Waals surface area contributed by atoms with E-state index in [-0.39, 0.29) is 0 Å². The van der Waals surface area contributed by atoms with Crippen LogP contribution in [0.5, 0.6) is 0 Å². The lowest BCUT2D eigenvalue weighted by Gasteiger charge is -2.05. The minimum Gasteiger partial charge on any atom is -0.340 e. The first kappa shape index (κ1) is 12.7. The van der Waals surface area contributed by atoms with E-state index in [4.69, 9.17) is 4.52 Å². The Hall–Kier alpha value is -2.27. The predicted molar refractivity (Wildman–Crippen MR) is 76.2 cm³/mol. The van der Waals surface area contributed by atoms with Crippen LogP contribution in [0.2, 0.25) is 0 Å². The summed E-state index contributed by atoms with van der Waals surface area (Å²) in [6.45, 7) is 3.45. The minimum atomic E-state index is 0.614. The van der Waals surface area contributed by atoms with E-state index in [1.807, 2.05) is 18.5 Å². The van der Waals surface area contributed by atoms with Crippen molar-refractivity contribution in [1.82, 2.24) is 20.4 Å². The molecule has 1 aromatic carbocycles. The Labute approximate surface area is 117 Å². The van der Waals surface area contributed by atoms with E-state index in [9.17, 15) is 0 Å². The van der Waals surface area contributed by atoms with E-state index >= 15 is 0 Å². The Morgan fingerprint density at radius 1 is 1.20 bits per heavy atom. The SMILES string of the molecule is Cc1nc(CCNCc2ccc3cnccc3c2)no1. The highest BCUT2D eigenvalue weighted by molar-refractivity contribution is 5.81. The topological polar surface area (TPSA) is 63.8 Å². The summed E-state index contributed by atoms with van der Waals surface area (Å²) >= 11 is 0. The minimum absolute atomic E-state index is 0.614. The van der Waals surface area contributed by atoms with E-state index < -0.39 is 0 Å². The van der Waals surface area contributed by atoms with Gasteiger partial charge in [-0.1, -0.05) is 17.3 Å². The van der Waals surface area contributed by atoms with Crippen molar-refractivity contribution in [1.29, 1.82) is 0 Å². The molecule has 2 aromatic heterocycles. The Morgan fingerprint density at radius 2 is 2.15 bits per heavy atom. The number of aryl methyl sites for hydroxylation is 1. The zero-order valence-corrected chi connectivity index (χ0v) is 11.3. The lowest BCUT2D eigenvalue weighted by molar-refractivity contribution is 0.387. The van der Waals surface area contributed by atoms with Gasteiger partial charge in [0.15, 0.2) is 5.82 Å². The molecule has 1 N–H and O–H groups in total. The lowest BCUT2D eigenvalue weighted by Crippen LogP contribution is -2.17. The van der Waals surface area contributed by atoms with Gasteiger partial charge in [-0.05, 0) is 23.1 Å². The number of fused-ring (bicyclic) bond motifs is 1. The van der Waals surface area contributed by atoms with Gasteiger partial charge in [0.05, 0.1) is 0 Å². The Kier molecular flexibility index (Phi) is 3.69. The van der Waals surface area contributed by atoms with Crippen molar-refractivity contribution < 1.29 is 4.52 Å². The molecule has 0 aliphatic heterocycles. The van der Waals surface area contributed by atoms with Crippen molar-refractivity contribution >= 4 is 10.8 Å². The molecule has 0 unspecified atom stereocenters. The number of rotatable bonds is 5. The number of aromatic nitrogens is 3. The molecule has 102 valence electrons. The van der Waals surface area contributed by atoms with Crippen molar-refractivity contribution in [3.05, 3.63) is 53.9 Å². The van der Waals surface area contributed by atoms with Gasteiger partial charge in [-0.3, -0.25) is 4.98 Å². The van der Waals surface area contributed by atoms with Gasteiger partial charge in [0.2, 0.25) is 5.89 Å². The molecule has 5 heteroatoms. The first-order chi connectivity index (χ1) is 9.81. The maximum atomic E-state index is 4.93. The monoisotopic (exact) mass is 268 g/mol. The molecule has 0 aliphatic carbocycles. The maximum Gasteiger partial charge on any atom is 0.223 e. The van der Waals surface area contributed by atoms with Crippen LogP contribution in [0.1, 0.15) is 17.3 Å². The summed E-state index contributed by atoms with van der Waals surface area (Å²) in [6.07, 6.45) is 4.47. The van der Waals surface area contributed by atoms with Crippen LogP contribution in [0.15, 0.2) is 41.2 Å². The van der Waals surface area contributed by atoms with Gasteiger partial charge >= 0.3 is 0 Å². The highest BCUT2D eigenvalue weighted by Gasteiger charge is 2.01. The number of pyridine rings is 1. The van der Waals surface area contributed by atoms with Crippen molar-refractivity contribution in [2.24, 2.45) is 0 Å². The molecule has 0 bridgehead atoms. The molecular formula is C15H16N4O. The Balaban J connectivity index is 1.54. The van der Waals surface area contributed by atoms with Crippen molar-refractivity contribution in [3.63, 3.8) is 0 Å². The normalized spacial score (nSPS) is 11.1. The van der Waals surface area contributed by atoms with Crippen LogP contribution >= 0.6 is 0 Å². The molecule has 2 heterocycles. The van der Waals surface area contributed by atoms with Crippen LogP contribution < -0.4 is 5.32 Å². The van der Waals surface area contributed by atoms with Crippen LogP contribution in [0.3, 0.4) is 0 Å². The van der Waals surface area contributed by atoms with Crippen molar-refractivity contribution in [2.45, 2.75) is 19.9 Å². The highest BCUT2D eigenvalue weighted by atomic mass is 16.5. The van der Waals surface area contributed by atoms with Gasteiger partial charge in [-0.15, -0.1) is 0 Å². The second kappa shape index (κ2) is 5.79. The molecule has 0 spiro atoms. The van der Waals surface area contributed by atoms with Crippen molar-refractivity contribution in [2.75, 3.05) is 6.54 Å². The fraction of sp³-hybridized carbons (Fsp3) is 0.267. The van der Waals surface area contributed by atoms with Crippen LogP contribution in [-0.2, 0) is 13.0 Å².